The Balaban J connectivity index is 4.17. The first kappa shape index (κ1) is 10.7. The van der Waals surface area contributed by atoms with E-state index in [1.807, 2.05) is 20.8 Å². The molecule has 0 aliphatic rings. The minimum Gasteiger partial charge on any atom is -0.350 e. The Bertz CT molecular complexity index is 220. The molecule has 68 valence electrons. The summed E-state index contributed by atoms with van der Waals surface area (Å²) in [6.45, 7) is 9.47. The molecule has 12 heavy (non-hydrogen) atoms. The number of nitrogens with one attached hydrogen (secondary N) is 1. The topological polar surface area (TPSA) is 67.5 Å². The Morgan fingerprint density at radius 2 is 2.08 bits per heavy atom. The first-order chi connectivity index (χ1) is 5.45. The van der Waals surface area contributed by atoms with Crippen LogP contribution in [0.5, 0.6) is 0 Å². The van der Waals surface area contributed by atoms with Crippen LogP contribution in [0.3, 0.4) is 0 Å². The minimum absolute atomic E-state index is 0.164. The summed E-state index contributed by atoms with van der Waals surface area (Å²) in [7, 11) is 0. The van der Waals surface area contributed by atoms with E-state index in [-0.39, 0.29) is 5.92 Å². The lowest BCUT2D eigenvalue weighted by Crippen LogP contribution is -2.26. The predicted octanol–water partition coefficient (Wildman–Crippen LogP) is 1.24. The molecule has 0 aliphatic carbocycles. The number of nitrogens with two attached hydrogens (primary N) is 1. The van der Waals surface area contributed by atoms with Crippen LogP contribution in [0.25, 0.3) is 0 Å². The van der Waals surface area contributed by atoms with E-state index >= 15 is 0 Å². The third-order valence-corrected chi connectivity index (χ3v) is 1.71. The van der Waals surface area contributed by atoms with Gasteiger partial charge in [0.25, 0.3) is 0 Å². The number of amides is 2. The van der Waals surface area contributed by atoms with Crippen molar-refractivity contribution in [1.82, 2.24) is 5.43 Å². The molecule has 1 atom stereocenters. The number of hydrogen-bond donors (Lipinski definition) is 2. The van der Waals surface area contributed by atoms with E-state index in [4.69, 9.17) is 5.73 Å². The average molecular weight is 169 g/mol. The van der Waals surface area contributed by atoms with Gasteiger partial charge in [-0.3, -0.25) is 0 Å². The number of primary amides is 1. The Morgan fingerprint density at radius 1 is 1.58 bits per heavy atom. The van der Waals surface area contributed by atoms with Gasteiger partial charge in [0, 0.05) is 11.6 Å². The largest absolute Gasteiger partial charge is 0.350 e. The molecule has 0 aromatic heterocycles. The van der Waals surface area contributed by atoms with Crippen molar-refractivity contribution in [2.75, 3.05) is 0 Å². The molecule has 0 heterocycles. The monoisotopic (exact) mass is 169 g/mol. The van der Waals surface area contributed by atoms with Crippen molar-refractivity contribution >= 4 is 11.7 Å². The molecule has 0 unspecified atom stereocenters. The van der Waals surface area contributed by atoms with Crippen molar-refractivity contribution < 1.29 is 4.79 Å². The normalized spacial score (nSPS) is 13.8. The number of hydrogen-bond acceptors (Lipinski definition) is 2. The fourth-order valence-corrected chi connectivity index (χ4v) is 0.597. The van der Waals surface area contributed by atoms with Crippen LogP contribution in [0.15, 0.2) is 17.3 Å². The molecule has 0 rings (SSSR count). The van der Waals surface area contributed by atoms with Gasteiger partial charge in [0.05, 0.1) is 0 Å². The highest BCUT2D eigenvalue weighted by Crippen LogP contribution is 2.08. The van der Waals surface area contributed by atoms with Gasteiger partial charge in [0.2, 0.25) is 0 Å². The third kappa shape index (κ3) is 3.75. The third-order valence-electron chi connectivity index (χ3n) is 1.71. The lowest BCUT2D eigenvalue weighted by atomic mass is 10.0. The Morgan fingerprint density at radius 3 is 2.42 bits per heavy atom. The maximum absolute atomic E-state index is 10.3. The van der Waals surface area contributed by atoms with Gasteiger partial charge in [-0.15, -0.1) is 0 Å². The number of carbonyl (C=O) groups is 1. The van der Waals surface area contributed by atoms with Crippen LogP contribution < -0.4 is 11.2 Å². The highest BCUT2D eigenvalue weighted by atomic mass is 16.2. The maximum Gasteiger partial charge on any atom is 0.332 e. The molecule has 0 fully saturated rings. The fourth-order valence-electron chi connectivity index (χ4n) is 0.597. The summed E-state index contributed by atoms with van der Waals surface area (Å²) in [6.07, 6.45) is 0. The van der Waals surface area contributed by atoms with Gasteiger partial charge in [-0.05, 0) is 13.8 Å². The summed E-state index contributed by atoms with van der Waals surface area (Å²) in [4.78, 5) is 10.3. The van der Waals surface area contributed by atoms with E-state index in [0.29, 0.717) is 0 Å². The predicted molar refractivity (Wildman–Crippen MR) is 49.8 cm³/mol. The SMILES string of the molecule is C=C(C)[C@H](C)/C(C)=N\NC(N)=O. The quantitative estimate of drug-likeness (QED) is 0.372. The van der Waals surface area contributed by atoms with Gasteiger partial charge in [0.15, 0.2) is 0 Å². The second-order valence-corrected chi connectivity index (χ2v) is 2.80. The molecule has 0 saturated carbocycles. The summed E-state index contributed by atoms with van der Waals surface area (Å²) in [5, 5.41) is 3.78. The van der Waals surface area contributed by atoms with Crippen molar-refractivity contribution in [2.45, 2.75) is 20.8 Å². The molecule has 0 saturated heterocycles. The van der Waals surface area contributed by atoms with E-state index < -0.39 is 6.03 Å². The molecule has 0 radical (unpaired) electrons. The van der Waals surface area contributed by atoms with Gasteiger partial charge in [-0.1, -0.05) is 19.1 Å². The zero-order chi connectivity index (χ0) is 9.72. The minimum atomic E-state index is -0.650. The maximum atomic E-state index is 10.3. The highest BCUT2D eigenvalue weighted by Gasteiger charge is 2.05. The van der Waals surface area contributed by atoms with E-state index in [1.165, 1.54) is 0 Å². The molecule has 2 amide bonds. The van der Waals surface area contributed by atoms with Crippen molar-refractivity contribution in [1.29, 1.82) is 0 Å². The number of hydrazone groups is 1. The number of rotatable bonds is 3. The standard InChI is InChI=1S/C8H15N3O/c1-5(2)6(3)7(4)10-11-8(9)12/h6H,1H2,2-4H3,(H3,9,11,12)/b10-7-/t6-/m0/s1. The molecule has 0 aromatic carbocycles. The van der Waals surface area contributed by atoms with Crippen LogP contribution >= 0.6 is 0 Å². The van der Waals surface area contributed by atoms with Crippen molar-refractivity contribution in [3.63, 3.8) is 0 Å². The molecule has 3 N–H and O–H groups in total. The Labute approximate surface area is 72.5 Å². The van der Waals surface area contributed by atoms with Gasteiger partial charge in [-0.2, -0.15) is 5.10 Å². The van der Waals surface area contributed by atoms with Crippen LogP contribution in [0.4, 0.5) is 4.79 Å². The molecule has 0 spiro atoms. The second-order valence-electron chi connectivity index (χ2n) is 2.80. The highest BCUT2D eigenvalue weighted by molar-refractivity contribution is 5.87. The van der Waals surface area contributed by atoms with Crippen LogP contribution in [-0.4, -0.2) is 11.7 Å². The number of nitrogens with zero attached hydrogens (tertiary/aromatic N) is 1. The first-order valence-electron chi connectivity index (χ1n) is 3.70. The summed E-state index contributed by atoms with van der Waals surface area (Å²) in [6, 6.07) is -0.650. The lowest BCUT2D eigenvalue weighted by molar-refractivity contribution is 0.249. The molecule has 0 bridgehead atoms. The zero-order valence-corrected chi connectivity index (χ0v) is 7.72. The van der Waals surface area contributed by atoms with Gasteiger partial charge >= 0.3 is 6.03 Å². The van der Waals surface area contributed by atoms with E-state index in [9.17, 15) is 4.79 Å². The van der Waals surface area contributed by atoms with Crippen LogP contribution in [0.2, 0.25) is 0 Å². The zero-order valence-electron chi connectivity index (χ0n) is 7.72. The van der Waals surface area contributed by atoms with Crippen molar-refractivity contribution in [3.8, 4) is 0 Å². The molecule has 4 nitrogen and oxygen atoms in total. The molecule has 4 heteroatoms. The molecule has 0 aromatic rings. The van der Waals surface area contributed by atoms with Gasteiger partial charge < -0.3 is 5.73 Å². The van der Waals surface area contributed by atoms with Crippen molar-refractivity contribution in [3.05, 3.63) is 12.2 Å². The lowest BCUT2D eigenvalue weighted by Gasteiger charge is -2.09. The van der Waals surface area contributed by atoms with Gasteiger partial charge in [0.1, 0.15) is 0 Å². The Kier molecular flexibility index (Phi) is 4.04. The fraction of sp³-hybridized carbons (Fsp3) is 0.500. The second kappa shape index (κ2) is 4.54. The number of urea groups is 1. The summed E-state index contributed by atoms with van der Waals surface area (Å²) >= 11 is 0. The van der Waals surface area contributed by atoms with E-state index in [1.54, 1.807) is 0 Å². The van der Waals surface area contributed by atoms with Crippen LogP contribution in [0.1, 0.15) is 20.8 Å². The van der Waals surface area contributed by atoms with Crippen LogP contribution in [0, 0.1) is 5.92 Å². The van der Waals surface area contributed by atoms with Crippen LogP contribution in [-0.2, 0) is 0 Å². The Hall–Kier alpha value is -1.32. The van der Waals surface area contributed by atoms with E-state index in [0.717, 1.165) is 11.3 Å². The molecular weight excluding hydrogens is 154 g/mol. The summed E-state index contributed by atoms with van der Waals surface area (Å²) < 4.78 is 0. The van der Waals surface area contributed by atoms with Gasteiger partial charge in [-0.25, -0.2) is 10.2 Å². The number of carbonyl (C=O) groups excluding carboxylic acids is 1. The average Bonchev–Trinajstić information content (AvgIpc) is 1.98. The molecule has 0 aliphatic heterocycles. The summed E-state index contributed by atoms with van der Waals surface area (Å²) in [5.41, 5.74) is 8.80. The van der Waals surface area contributed by atoms with E-state index in [2.05, 4.69) is 17.1 Å². The van der Waals surface area contributed by atoms with Crippen molar-refractivity contribution in [2.24, 2.45) is 16.8 Å². The molecular formula is C8H15N3O. The smallest absolute Gasteiger partial charge is 0.332 e. The first-order valence-corrected chi connectivity index (χ1v) is 3.70. The summed E-state index contributed by atoms with van der Waals surface area (Å²) in [5.74, 6) is 0.164. The number of allylic oxidation sites excluding steroid dienone is 1.